The Morgan fingerprint density at radius 1 is 1.08 bits per heavy atom. The van der Waals surface area contributed by atoms with Crippen LogP contribution in [0.5, 0.6) is 17.4 Å². The van der Waals surface area contributed by atoms with Crippen molar-refractivity contribution in [2.24, 2.45) is 0 Å². The lowest BCUT2D eigenvalue weighted by atomic mass is 9.99. The molecule has 0 unspecified atom stereocenters. The number of carbonyl (C=O) groups is 1. The van der Waals surface area contributed by atoms with Gasteiger partial charge in [0.2, 0.25) is 5.88 Å². The highest BCUT2D eigenvalue weighted by atomic mass is 16.5. The maximum absolute atomic E-state index is 11.0. The lowest BCUT2D eigenvalue weighted by molar-refractivity contribution is -0.136. The predicted molar refractivity (Wildman–Crippen MR) is 94.9 cm³/mol. The second-order valence-corrected chi connectivity index (χ2v) is 5.56. The average molecular weight is 341 g/mol. The third kappa shape index (κ3) is 2.91. The molecule has 0 atom stereocenters. The number of benzene rings is 2. The standard InChI is InChI=1S/C19H19NO5/c1-23-14-10-11(8-9-15(21)22)17-16(18(14)24-2)12-6-4-5-7-13(12)19(20-17)25-3/h4-7,10H,8-9H2,1-3H3,(H,21,22). The molecule has 3 rings (SSSR count). The zero-order valence-corrected chi connectivity index (χ0v) is 14.3. The number of aromatic nitrogens is 1. The highest BCUT2D eigenvalue weighted by molar-refractivity contribution is 6.12. The van der Waals surface area contributed by atoms with Gasteiger partial charge in [0.05, 0.1) is 32.2 Å². The van der Waals surface area contributed by atoms with Crippen LogP contribution in [0.15, 0.2) is 30.3 Å². The molecule has 0 aliphatic heterocycles. The van der Waals surface area contributed by atoms with Crippen LogP contribution in [0.1, 0.15) is 12.0 Å². The molecule has 1 heterocycles. The minimum absolute atomic E-state index is 0.00139. The Morgan fingerprint density at radius 2 is 1.80 bits per heavy atom. The third-order valence-corrected chi connectivity index (χ3v) is 4.16. The van der Waals surface area contributed by atoms with Crippen LogP contribution in [0, 0.1) is 0 Å². The van der Waals surface area contributed by atoms with Crippen LogP contribution in [0.2, 0.25) is 0 Å². The van der Waals surface area contributed by atoms with E-state index in [-0.39, 0.29) is 6.42 Å². The van der Waals surface area contributed by atoms with Gasteiger partial charge >= 0.3 is 5.97 Å². The number of ether oxygens (including phenoxy) is 3. The van der Waals surface area contributed by atoms with Crippen molar-refractivity contribution in [1.29, 1.82) is 0 Å². The number of pyridine rings is 1. The zero-order valence-electron chi connectivity index (χ0n) is 14.3. The molecule has 1 aromatic heterocycles. The van der Waals surface area contributed by atoms with Gasteiger partial charge in [-0.25, -0.2) is 4.98 Å². The number of methoxy groups -OCH3 is 3. The second kappa shape index (κ2) is 6.84. The number of rotatable bonds is 6. The van der Waals surface area contributed by atoms with Crippen molar-refractivity contribution in [2.75, 3.05) is 21.3 Å². The summed E-state index contributed by atoms with van der Waals surface area (Å²) in [6.45, 7) is 0. The summed E-state index contributed by atoms with van der Waals surface area (Å²) in [6, 6.07) is 9.51. The molecule has 0 spiro atoms. The Hall–Kier alpha value is -3.02. The summed E-state index contributed by atoms with van der Waals surface area (Å²) in [5.41, 5.74) is 1.44. The molecular weight excluding hydrogens is 322 g/mol. The minimum atomic E-state index is -0.865. The Kier molecular flexibility index (Phi) is 4.61. The molecule has 25 heavy (non-hydrogen) atoms. The molecule has 2 aromatic carbocycles. The molecule has 0 saturated heterocycles. The van der Waals surface area contributed by atoms with E-state index in [2.05, 4.69) is 4.98 Å². The minimum Gasteiger partial charge on any atom is -0.493 e. The average Bonchev–Trinajstić information content (AvgIpc) is 2.64. The van der Waals surface area contributed by atoms with Crippen molar-refractivity contribution in [3.05, 3.63) is 35.9 Å². The number of carboxylic acid groups (broad SMARTS) is 1. The van der Waals surface area contributed by atoms with Crippen molar-refractivity contribution in [1.82, 2.24) is 4.98 Å². The normalized spacial score (nSPS) is 10.8. The SMILES string of the molecule is COc1cc(CCC(=O)O)c2nc(OC)c3ccccc3c2c1OC. The maximum atomic E-state index is 11.0. The van der Waals surface area contributed by atoms with Crippen LogP contribution >= 0.6 is 0 Å². The lowest BCUT2D eigenvalue weighted by Gasteiger charge is -2.17. The molecule has 0 amide bonds. The highest BCUT2D eigenvalue weighted by Gasteiger charge is 2.20. The topological polar surface area (TPSA) is 77.9 Å². The molecule has 0 saturated carbocycles. The van der Waals surface area contributed by atoms with E-state index in [0.29, 0.717) is 29.3 Å². The summed E-state index contributed by atoms with van der Waals surface area (Å²) in [5.74, 6) is 0.748. The van der Waals surface area contributed by atoms with Gasteiger partial charge in [0.1, 0.15) is 0 Å². The first-order valence-electron chi connectivity index (χ1n) is 7.82. The van der Waals surface area contributed by atoms with E-state index < -0.39 is 5.97 Å². The van der Waals surface area contributed by atoms with E-state index in [1.165, 1.54) is 0 Å². The molecule has 130 valence electrons. The number of aryl methyl sites for hydroxylation is 1. The third-order valence-electron chi connectivity index (χ3n) is 4.16. The van der Waals surface area contributed by atoms with Gasteiger partial charge in [-0.15, -0.1) is 0 Å². The molecule has 6 heteroatoms. The fourth-order valence-electron chi connectivity index (χ4n) is 3.05. The van der Waals surface area contributed by atoms with Gasteiger partial charge in [-0.1, -0.05) is 18.2 Å². The highest BCUT2D eigenvalue weighted by Crippen LogP contribution is 2.43. The predicted octanol–water partition coefficient (Wildman–Crippen LogP) is 3.43. The van der Waals surface area contributed by atoms with E-state index in [1.54, 1.807) is 27.4 Å². The van der Waals surface area contributed by atoms with Crippen molar-refractivity contribution >= 4 is 27.6 Å². The lowest BCUT2D eigenvalue weighted by Crippen LogP contribution is -2.02. The molecular formula is C19H19NO5. The van der Waals surface area contributed by atoms with Crippen molar-refractivity contribution in [3.63, 3.8) is 0 Å². The first-order chi connectivity index (χ1) is 12.1. The Bertz CT molecular complexity index is 952. The summed E-state index contributed by atoms with van der Waals surface area (Å²) in [5, 5.41) is 11.6. The summed E-state index contributed by atoms with van der Waals surface area (Å²) in [4.78, 5) is 15.7. The first kappa shape index (κ1) is 16.8. The summed E-state index contributed by atoms with van der Waals surface area (Å²) >= 11 is 0. The number of fused-ring (bicyclic) bond motifs is 3. The molecule has 0 aliphatic carbocycles. The van der Waals surface area contributed by atoms with Crippen LogP contribution in [0.4, 0.5) is 0 Å². The van der Waals surface area contributed by atoms with Crippen LogP contribution in [-0.4, -0.2) is 37.4 Å². The number of nitrogens with zero attached hydrogens (tertiary/aromatic N) is 1. The fraction of sp³-hybridized carbons (Fsp3) is 0.263. The Morgan fingerprint density at radius 3 is 2.40 bits per heavy atom. The molecule has 0 radical (unpaired) electrons. The molecule has 0 bridgehead atoms. The number of hydrogen-bond donors (Lipinski definition) is 1. The first-order valence-corrected chi connectivity index (χ1v) is 7.82. The van der Waals surface area contributed by atoms with Crippen LogP contribution < -0.4 is 14.2 Å². The fourth-order valence-corrected chi connectivity index (χ4v) is 3.05. The van der Waals surface area contributed by atoms with Gasteiger partial charge in [-0.3, -0.25) is 4.79 Å². The van der Waals surface area contributed by atoms with Crippen LogP contribution in [-0.2, 0) is 11.2 Å². The Labute approximate surface area is 145 Å². The second-order valence-electron chi connectivity index (χ2n) is 5.56. The number of hydrogen-bond acceptors (Lipinski definition) is 5. The Balaban J connectivity index is 2.44. The van der Waals surface area contributed by atoms with Gasteiger partial charge in [0.15, 0.2) is 11.5 Å². The van der Waals surface area contributed by atoms with Crippen molar-refractivity contribution < 1.29 is 24.1 Å². The van der Waals surface area contributed by atoms with Gasteiger partial charge < -0.3 is 19.3 Å². The summed E-state index contributed by atoms with van der Waals surface area (Å²) < 4.78 is 16.5. The van der Waals surface area contributed by atoms with E-state index in [0.717, 1.165) is 21.7 Å². The smallest absolute Gasteiger partial charge is 0.303 e. The summed E-state index contributed by atoms with van der Waals surface area (Å²) in [6.07, 6.45) is 0.335. The quantitative estimate of drug-likeness (QED) is 0.692. The maximum Gasteiger partial charge on any atom is 0.303 e. The monoisotopic (exact) mass is 341 g/mol. The van der Waals surface area contributed by atoms with Crippen molar-refractivity contribution in [2.45, 2.75) is 12.8 Å². The van der Waals surface area contributed by atoms with E-state index in [4.69, 9.17) is 19.3 Å². The van der Waals surface area contributed by atoms with Gasteiger partial charge in [-0.05, 0) is 24.1 Å². The number of carboxylic acids is 1. The van der Waals surface area contributed by atoms with E-state index in [1.807, 2.05) is 24.3 Å². The van der Waals surface area contributed by atoms with E-state index in [9.17, 15) is 4.79 Å². The molecule has 6 nitrogen and oxygen atoms in total. The van der Waals surface area contributed by atoms with Crippen LogP contribution in [0.3, 0.4) is 0 Å². The van der Waals surface area contributed by atoms with Gasteiger partial charge in [0.25, 0.3) is 0 Å². The van der Waals surface area contributed by atoms with E-state index >= 15 is 0 Å². The molecule has 3 aromatic rings. The van der Waals surface area contributed by atoms with Gasteiger partial charge in [-0.2, -0.15) is 0 Å². The molecule has 1 N–H and O–H groups in total. The van der Waals surface area contributed by atoms with Gasteiger partial charge in [0, 0.05) is 17.2 Å². The van der Waals surface area contributed by atoms with Crippen molar-refractivity contribution in [3.8, 4) is 17.4 Å². The molecule has 0 fully saturated rings. The summed E-state index contributed by atoms with van der Waals surface area (Å²) in [7, 11) is 4.70. The largest absolute Gasteiger partial charge is 0.493 e. The number of aliphatic carboxylic acids is 1. The zero-order chi connectivity index (χ0) is 18.0. The van der Waals surface area contributed by atoms with Crippen LogP contribution in [0.25, 0.3) is 21.7 Å². The molecule has 0 aliphatic rings.